The number of benzene rings is 2. The van der Waals surface area contributed by atoms with Gasteiger partial charge in [-0.3, -0.25) is 4.79 Å². The average molecular weight is 267 g/mol. The van der Waals surface area contributed by atoms with E-state index >= 15 is 0 Å². The fourth-order valence-corrected chi connectivity index (χ4v) is 2.68. The zero-order chi connectivity index (χ0) is 13.9. The van der Waals surface area contributed by atoms with Gasteiger partial charge in [0.25, 0.3) is 0 Å². The van der Waals surface area contributed by atoms with Gasteiger partial charge in [-0.05, 0) is 36.2 Å². The molecule has 1 heterocycles. The maximum atomic E-state index is 11.9. The first-order valence-corrected chi connectivity index (χ1v) is 6.89. The monoisotopic (exact) mass is 267 g/mol. The quantitative estimate of drug-likeness (QED) is 0.923. The summed E-state index contributed by atoms with van der Waals surface area (Å²) >= 11 is 0. The predicted molar refractivity (Wildman–Crippen MR) is 79.1 cm³/mol. The van der Waals surface area contributed by atoms with Crippen molar-refractivity contribution in [2.45, 2.75) is 19.3 Å². The number of ether oxygens (including phenoxy) is 1. The summed E-state index contributed by atoms with van der Waals surface area (Å²) in [5.41, 5.74) is 3.18. The first-order chi connectivity index (χ1) is 9.78. The van der Waals surface area contributed by atoms with Crippen molar-refractivity contribution in [3.8, 4) is 5.75 Å². The smallest absolute Gasteiger partial charge is 0.225 e. The van der Waals surface area contributed by atoms with E-state index in [0.717, 1.165) is 22.6 Å². The van der Waals surface area contributed by atoms with E-state index in [1.54, 1.807) is 0 Å². The van der Waals surface area contributed by atoms with Crippen LogP contribution in [0.5, 0.6) is 5.75 Å². The highest BCUT2D eigenvalue weighted by molar-refractivity contribution is 5.95. The lowest BCUT2D eigenvalue weighted by molar-refractivity contribution is -0.116. The fourth-order valence-electron chi connectivity index (χ4n) is 2.68. The van der Waals surface area contributed by atoms with Crippen LogP contribution in [0.4, 0.5) is 5.69 Å². The predicted octanol–water partition coefficient (Wildman–Crippen LogP) is 3.56. The van der Waals surface area contributed by atoms with E-state index in [0.29, 0.717) is 13.0 Å². The van der Waals surface area contributed by atoms with Crippen LogP contribution in [0.25, 0.3) is 0 Å². The molecule has 1 aliphatic rings. The molecule has 0 bridgehead atoms. The number of rotatable bonds is 3. The molecule has 1 amide bonds. The van der Waals surface area contributed by atoms with Crippen molar-refractivity contribution < 1.29 is 9.53 Å². The van der Waals surface area contributed by atoms with Gasteiger partial charge in [-0.25, -0.2) is 0 Å². The highest BCUT2D eigenvalue weighted by Crippen LogP contribution is 2.38. The molecular formula is C17H17NO2. The molecule has 0 radical (unpaired) electrons. The van der Waals surface area contributed by atoms with Gasteiger partial charge in [-0.1, -0.05) is 30.3 Å². The third-order valence-electron chi connectivity index (χ3n) is 3.58. The standard InChI is InChI=1S/C17H17NO2/c1-2-20-13-8-9-16-15(10-13)14(11-17(19)18-16)12-6-4-3-5-7-12/h3-10,14H,2,11H2,1H3,(H,18,19). The first kappa shape index (κ1) is 12.7. The minimum atomic E-state index is 0.0653. The van der Waals surface area contributed by atoms with Gasteiger partial charge in [-0.15, -0.1) is 0 Å². The maximum absolute atomic E-state index is 11.9. The minimum absolute atomic E-state index is 0.0653. The van der Waals surface area contributed by atoms with Gasteiger partial charge in [0, 0.05) is 18.0 Å². The van der Waals surface area contributed by atoms with Crippen LogP contribution in [0.15, 0.2) is 48.5 Å². The zero-order valence-electron chi connectivity index (χ0n) is 11.4. The van der Waals surface area contributed by atoms with Gasteiger partial charge in [0.05, 0.1) is 6.61 Å². The van der Waals surface area contributed by atoms with Gasteiger partial charge < -0.3 is 10.1 Å². The number of fused-ring (bicyclic) bond motifs is 1. The molecule has 1 atom stereocenters. The van der Waals surface area contributed by atoms with E-state index in [-0.39, 0.29) is 11.8 Å². The molecule has 0 saturated carbocycles. The summed E-state index contributed by atoms with van der Waals surface area (Å²) in [7, 11) is 0. The van der Waals surface area contributed by atoms with Crippen LogP contribution in [-0.4, -0.2) is 12.5 Å². The van der Waals surface area contributed by atoms with E-state index < -0.39 is 0 Å². The molecule has 1 N–H and O–H groups in total. The Morgan fingerprint density at radius 3 is 2.75 bits per heavy atom. The summed E-state index contributed by atoms with van der Waals surface area (Å²) < 4.78 is 5.57. The topological polar surface area (TPSA) is 38.3 Å². The molecule has 0 aliphatic carbocycles. The van der Waals surface area contributed by atoms with Crippen LogP contribution in [-0.2, 0) is 4.79 Å². The molecule has 0 fully saturated rings. The molecule has 20 heavy (non-hydrogen) atoms. The van der Waals surface area contributed by atoms with Gasteiger partial charge in [0.2, 0.25) is 5.91 Å². The van der Waals surface area contributed by atoms with E-state index in [2.05, 4.69) is 17.4 Å². The van der Waals surface area contributed by atoms with Gasteiger partial charge in [0.15, 0.2) is 0 Å². The number of carbonyl (C=O) groups is 1. The van der Waals surface area contributed by atoms with Crippen LogP contribution >= 0.6 is 0 Å². The molecule has 3 rings (SSSR count). The number of hydrogen-bond acceptors (Lipinski definition) is 2. The molecular weight excluding hydrogens is 250 g/mol. The van der Waals surface area contributed by atoms with Gasteiger partial charge in [-0.2, -0.15) is 0 Å². The molecule has 0 aromatic heterocycles. The van der Waals surface area contributed by atoms with Crippen molar-refractivity contribution in [1.82, 2.24) is 0 Å². The van der Waals surface area contributed by atoms with Gasteiger partial charge >= 0.3 is 0 Å². The van der Waals surface area contributed by atoms with E-state index in [1.165, 1.54) is 0 Å². The maximum Gasteiger partial charge on any atom is 0.225 e. The first-order valence-electron chi connectivity index (χ1n) is 6.89. The van der Waals surface area contributed by atoms with Crippen molar-refractivity contribution in [2.24, 2.45) is 0 Å². The van der Waals surface area contributed by atoms with Crippen LogP contribution in [0.3, 0.4) is 0 Å². The van der Waals surface area contributed by atoms with Crippen molar-refractivity contribution in [3.63, 3.8) is 0 Å². The molecule has 1 unspecified atom stereocenters. The Bertz CT molecular complexity index is 622. The lowest BCUT2D eigenvalue weighted by atomic mass is 9.85. The second-order valence-electron chi connectivity index (χ2n) is 4.90. The number of carbonyl (C=O) groups excluding carboxylic acids is 1. The number of nitrogens with one attached hydrogen (secondary N) is 1. The molecule has 2 aromatic carbocycles. The van der Waals surface area contributed by atoms with E-state index in [9.17, 15) is 4.79 Å². The van der Waals surface area contributed by atoms with Crippen LogP contribution < -0.4 is 10.1 Å². The van der Waals surface area contributed by atoms with Crippen LogP contribution in [0.2, 0.25) is 0 Å². The molecule has 1 aliphatic heterocycles. The Hall–Kier alpha value is -2.29. The summed E-state index contributed by atoms with van der Waals surface area (Å²) in [6.07, 6.45) is 0.479. The number of hydrogen-bond donors (Lipinski definition) is 1. The SMILES string of the molecule is CCOc1ccc2c(c1)C(c1ccccc1)CC(=O)N2. The Kier molecular flexibility index (Phi) is 3.42. The van der Waals surface area contributed by atoms with Crippen molar-refractivity contribution in [2.75, 3.05) is 11.9 Å². The van der Waals surface area contributed by atoms with Crippen molar-refractivity contribution >= 4 is 11.6 Å². The van der Waals surface area contributed by atoms with E-state index in [1.807, 2.05) is 43.3 Å². The third kappa shape index (κ3) is 2.39. The summed E-state index contributed by atoms with van der Waals surface area (Å²) in [5.74, 6) is 1.01. The highest BCUT2D eigenvalue weighted by atomic mass is 16.5. The van der Waals surface area contributed by atoms with Crippen molar-refractivity contribution in [1.29, 1.82) is 0 Å². The number of anilines is 1. The summed E-state index contributed by atoms with van der Waals surface area (Å²) in [6, 6.07) is 16.0. The fraction of sp³-hybridized carbons (Fsp3) is 0.235. The second kappa shape index (κ2) is 5.37. The lowest BCUT2D eigenvalue weighted by Gasteiger charge is -2.26. The summed E-state index contributed by atoms with van der Waals surface area (Å²) in [6.45, 7) is 2.61. The average Bonchev–Trinajstić information content (AvgIpc) is 2.48. The number of amides is 1. The normalized spacial score (nSPS) is 17.2. The Morgan fingerprint density at radius 2 is 2.00 bits per heavy atom. The Labute approximate surface area is 118 Å². The van der Waals surface area contributed by atoms with Crippen LogP contribution in [0.1, 0.15) is 30.4 Å². The Morgan fingerprint density at radius 1 is 1.20 bits per heavy atom. The second-order valence-corrected chi connectivity index (χ2v) is 4.90. The van der Waals surface area contributed by atoms with E-state index in [4.69, 9.17) is 4.74 Å². The molecule has 102 valence electrons. The molecule has 3 nitrogen and oxygen atoms in total. The zero-order valence-corrected chi connectivity index (χ0v) is 11.4. The largest absolute Gasteiger partial charge is 0.494 e. The van der Waals surface area contributed by atoms with Gasteiger partial charge in [0.1, 0.15) is 5.75 Å². The molecule has 0 saturated heterocycles. The molecule has 0 spiro atoms. The minimum Gasteiger partial charge on any atom is -0.494 e. The van der Waals surface area contributed by atoms with Crippen LogP contribution in [0, 0.1) is 0 Å². The highest BCUT2D eigenvalue weighted by Gasteiger charge is 2.26. The van der Waals surface area contributed by atoms with Crippen molar-refractivity contribution in [3.05, 3.63) is 59.7 Å². The third-order valence-corrected chi connectivity index (χ3v) is 3.58. The summed E-state index contributed by atoms with van der Waals surface area (Å²) in [5, 5.41) is 2.93. The molecule has 3 heteroatoms. The summed E-state index contributed by atoms with van der Waals surface area (Å²) in [4.78, 5) is 11.9. The molecule has 2 aromatic rings. The Balaban J connectivity index is 2.05. The lowest BCUT2D eigenvalue weighted by Crippen LogP contribution is -2.23.